The lowest BCUT2D eigenvalue weighted by Crippen LogP contribution is -2.51. The minimum Gasteiger partial charge on any atom is -0.345 e. The molecule has 0 aliphatic carbocycles. The van der Waals surface area contributed by atoms with Crippen LogP contribution in [0.4, 0.5) is 5.69 Å². The second-order valence-corrected chi connectivity index (χ2v) is 8.10. The van der Waals surface area contributed by atoms with Crippen LogP contribution in [-0.4, -0.2) is 30.3 Å². The van der Waals surface area contributed by atoms with Gasteiger partial charge in [-0.2, -0.15) is 0 Å². The van der Waals surface area contributed by atoms with E-state index in [2.05, 4.69) is 16.0 Å². The van der Waals surface area contributed by atoms with Crippen molar-refractivity contribution < 1.29 is 14.4 Å². The smallest absolute Gasteiger partial charge is 0.251 e. The molecule has 2 rings (SSSR count). The highest BCUT2D eigenvalue weighted by molar-refractivity contribution is 5.99. The predicted octanol–water partition coefficient (Wildman–Crippen LogP) is 3.43. The molecular weight excluding hydrogens is 378 g/mol. The molecule has 3 N–H and O–H groups in total. The number of aryl methyl sites for hydroxylation is 4. The van der Waals surface area contributed by atoms with E-state index in [4.69, 9.17) is 0 Å². The van der Waals surface area contributed by atoms with E-state index in [1.54, 1.807) is 12.1 Å². The Hall–Kier alpha value is -3.15. The van der Waals surface area contributed by atoms with Crippen molar-refractivity contribution in [1.29, 1.82) is 0 Å². The van der Waals surface area contributed by atoms with Gasteiger partial charge < -0.3 is 16.0 Å². The molecule has 0 fully saturated rings. The summed E-state index contributed by atoms with van der Waals surface area (Å²) in [5, 5.41) is 8.26. The highest BCUT2D eigenvalue weighted by Crippen LogP contribution is 2.21. The molecule has 0 saturated heterocycles. The molecular formula is C24H31N3O3. The summed E-state index contributed by atoms with van der Waals surface area (Å²) in [5.74, 6) is -1.16. The summed E-state index contributed by atoms with van der Waals surface area (Å²) in [6, 6.07) is 10.4. The number of anilines is 1. The van der Waals surface area contributed by atoms with E-state index in [1.165, 1.54) is 0 Å². The Morgan fingerprint density at radius 1 is 0.867 bits per heavy atom. The van der Waals surface area contributed by atoms with Gasteiger partial charge in [-0.05, 0) is 56.9 Å². The number of nitrogens with one attached hydrogen (secondary N) is 3. The van der Waals surface area contributed by atoms with E-state index in [1.807, 2.05) is 65.8 Å². The quantitative estimate of drug-likeness (QED) is 0.655. The first-order valence-electron chi connectivity index (χ1n) is 10.1. The Labute approximate surface area is 178 Å². The van der Waals surface area contributed by atoms with Crippen LogP contribution in [0.2, 0.25) is 0 Å². The minimum absolute atomic E-state index is 0.135. The summed E-state index contributed by atoms with van der Waals surface area (Å²) >= 11 is 0. The van der Waals surface area contributed by atoms with E-state index >= 15 is 0 Å². The summed E-state index contributed by atoms with van der Waals surface area (Å²) < 4.78 is 0. The van der Waals surface area contributed by atoms with E-state index < -0.39 is 11.9 Å². The molecule has 160 valence electrons. The summed E-state index contributed by atoms with van der Waals surface area (Å²) in [6.07, 6.45) is 0. The highest BCUT2D eigenvalue weighted by Gasteiger charge is 2.25. The molecule has 0 aliphatic heterocycles. The van der Waals surface area contributed by atoms with Gasteiger partial charge in [-0.1, -0.05) is 49.2 Å². The molecule has 2 aromatic carbocycles. The number of carbonyl (C=O) groups is 3. The molecule has 6 nitrogen and oxygen atoms in total. The second-order valence-electron chi connectivity index (χ2n) is 8.10. The fourth-order valence-electron chi connectivity index (χ4n) is 3.30. The molecule has 0 bridgehead atoms. The third kappa shape index (κ3) is 6.17. The molecule has 1 atom stereocenters. The van der Waals surface area contributed by atoms with Crippen molar-refractivity contribution in [2.75, 3.05) is 11.9 Å². The van der Waals surface area contributed by atoms with Crippen LogP contribution in [0, 0.1) is 33.6 Å². The number of carbonyl (C=O) groups excluding carboxylic acids is 3. The van der Waals surface area contributed by atoms with Gasteiger partial charge in [-0.15, -0.1) is 0 Å². The van der Waals surface area contributed by atoms with Crippen molar-refractivity contribution in [3.05, 3.63) is 64.2 Å². The zero-order chi connectivity index (χ0) is 22.4. The molecule has 0 aromatic heterocycles. The summed E-state index contributed by atoms with van der Waals surface area (Å²) in [5.41, 5.74) is 5.36. The number of hydrogen-bond donors (Lipinski definition) is 3. The standard InChI is InChI=1S/C24H31N3O3/c1-14(2)21(27-23(29)19-9-7-15(3)8-10-19)24(30)25-13-20(28)26-22-17(5)11-16(4)12-18(22)6/h7-12,14,21H,13H2,1-6H3,(H,25,30)(H,26,28)(H,27,29). The van der Waals surface area contributed by atoms with Crippen LogP contribution in [0.1, 0.15) is 46.5 Å². The normalized spacial score (nSPS) is 11.7. The number of rotatable bonds is 7. The Kier molecular flexibility index (Phi) is 7.75. The van der Waals surface area contributed by atoms with E-state index in [-0.39, 0.29) is 24.3 Å². The van der Waals surface area contributed by atoms with Gasteiger partial charge in [0.25, 0.3) is 5.91 Å². The molecule has 0 spiro atoms. The van der Waals surface area contributed by atoms with Crippen LogP contribution in [0.25, 0.3) is 0 Å². The van der Waals surface area contributed by atoms with Gasteiger partial charge in [0.1, 0.15) is 6.04 Å². The Morgan fingerprint density at radius 2 is 1.43 bits per heavy atom. The first kappa shape index (κ1) is 23.1. The number of benzene rings is 2. The Bertz CT molecular complexity index is 910. The molecule has 1 unspecified atom stereocenters. The molecule has 0 heterocycles. The predicted molar refractivity (Wildman–Crippen MR) is 120 cm³/mol. The molecule has 0 saturated carbocycles. The Balaban J connectivity index is 1.97. The highest BCUT2D eigenvalue weighted by atomic mass is 16.2. The lowest BCUT2D eigenvalue weighted by atomic mass is 10.0. The SMILES string of the molecule is Cc1ccc(C(=O)NC(C(=O)NCC(=O)Nc2c(C)cc(C)cc2C)C(C)C)cc1. The largest absolute Gasteiger partial charge is 0.345 e. The number of hydrogen-bond acceptors (Lipinski definition) is 3. The topological polar surface area (TPSA) is 87.3 Å². The average molecular weight is 410 g/mol. The molecule has 0 radical (unpaired) electrons. The van der Waals surface area contributed by atoms with Gasteiger partial charge in [-0.25, -0.2) is 0 Å². The van der Waals surface area contributed by atoms with Crippen LogP contribution < -0.4 is 16.0 Å². The van der Waals surface area contributed by atoms with Crippen LogP contribution in [0.5, 0.6) is 0 Å². The zero-order valence-corrected chi connectivity index (χ0v) is 18.6. The van der Waals surface area contributed by atoms with Gasteiger partial charge in [0.15, 0.2) is 0 Å². The van der Waals surface area contributed by atoms with Gasteiger partial charge in [0.05, 0.1) is 6.54 Å². The van der Waals surface area contributed by atoms with Gasteiger partial charge >= 0.3 is 0 Å². The van der Waals surface area contributed by atoms with Crippen molar-refractivity contribution in [1.82, 2.24) is 10.6 Å². The van der Waals surface area contributed by atoms with Crippen molar-refractivity contribution in [3.8, 4) is 0 Å². The lowest BCUT2D eigenvalue weighted by Gasteiger charge is -2.22. The van der Waals surface area contributed by atoms with Crippen LogP contribution in [0.15, 0.2) is 36.4 Å². The molecule has 3 amide bonds. The fraction of sp³-hybridized carbons (Fsp3) is 0.375. The minimum atomic E-state index is -0.741. The van der Waals surface area contributed by atoms with Crippen molar-refractivity contribution in [2.45, 2.75) is 47.6 Å². The van der Waals surface area contributed by atoms with Gasteiger partial charge in [-0.3, -0.25) is 14.4 Å². The maximum absolute atomic E-state index is 12.6. The molecule has 6 heteroatoms. The van der Waals surface area contributed by atoms with E-state index in [9.17, 15) is 14.4 Å². The van der Waals surface area contributed by atoms with E-state index in [0.29, 0.717) is 5.56 Å². The third-order valence-corrected chi connectivity index (χ3v) is 4.91. The molecule has 2 aromatic rings. The summed E-state index contributed by atoms with van der Waals surface area (Å²) in [7, 11) is 0. The summed E-state index contributed by atoms with van der Waals surface area (Å²) in [6.45, 7) is 11.3. The Morgan fingerprint density at radius 3 is 1.97 bits per heavy atom. The molecule has 0 aliphatic rings. The monoisotopic (exact) mass is 409 g/mol. The maximum atomic E-state index is 12.6. The first-order chi connectivity index (χ1) is 14.1. The second kappa shape index (κ2) is 10.1. The van der Waals surface area contributed by atoms with Crippen LogP contribution >= 0.6 is 0 Å². The van der Waals surface area contributed by atoms with Gasteiger partial charge in [0.2, 0.25) is 11.8 Å². The van der Waals surface area contributed by atoms with Gasteiger partial charge in [0, 0.05) is 11.3 Å². The number of amides is 3. The first-order valence-corrected chi connectivity index (χ1v) is 10.1. The van der Waals surface area contributed by atoms with Crippen molar-refractivity contribution in [3.63, 3.8) is 0 Å². The fourth-order valence-corrected chi connectivity index (χ4v) is 3.30. The van der Waals surface area contributed by atoms with Crippen molar-refractivity contribution >= 4 is 23.4 Å². The maximum Gasteiger partial charge on any atom is 0.251 e. The van der Waals surface area contributed by atoms with Crippen LogP contribution in [-0.2, 0) is 9.59 Å². The van der Waals surface area contributed by atoms with E-state index in [0.717, 1.165) is 27.9 Å². The molecule has 30 heavy (non-hydrogen) atoms. The van der Waals surface area contributed by atoms with Crippen molar-refractivity contribution in [2.24, 2.45) is 5.92 Å². The lowest BCUT2D eigenvalue weighted by molar-refractivity contribution is -0.126. The summed E-state index contributed by atoms with van der Waals surface area (Å²) in [4.78, 5) is 37.5. The third-order valence-electron chi connectivity index (χ3n) is 4.91. The average Bonchev–Trinajstić information content (AvgIpc) is 2.67. The zero-order valence-electron chi connectivity index (χ0n) is 18.6. The van der Waals surface area contributed by atoms with Crippen LogP contribution in [0.3, 0.4) is 0 Å².